The summed E-state index contributed by atoms with van der Waals surface area (Å²) in [5, 5.41) is 3.11. The Labute approximate surface area is 152 Å². The zero-order valence-corrected chi connectivity index (χ0v) is 15.0. The van der Waals surface area contributed by atoms with Crippen molar-refractivity contribution < 1.29 is 14.3 Å². The number of anilines is 1. The molecule has 0 aromatic heterocycles. The third kappa shape index (κ3) is 1.72. The molecule has 0 bridgehead atoms. The second-order valence-electron chi connectivity index (χ2n) is 8.86. The zero-order chi connectivity index (χ0) is 17.7. The van der Waals surface area contributed by atoms with Gasteiger partial charge in [-0.25, -0.2) is 0 Å². The Bertz CT molecular complexity index is 989. The van der Waals surface area contributed by atoms with E-state index < -0.39 is 11.0 Å². The molecule has 26 heavy (non-hydrogen) atoms. The number of rotatable bonds is 0. The molecule has 2 spiro atoms. The SMILES string of the molecule is CC1(C)CC2(C(=O)Nc3ccccc32)c2cc3c(cc2O1)OC1(CC1)C3. The minimum absolute atomic E-state index is 0.0187. The van der Waals surface area contributed by atoms with Crippen molar-refractivity contribution in [2.24, 2.45) is 0 Å². The summed E-state index contributed by atoms with van der Waals surface area (Å²) in [5.41, 5.74) is 3.05. The Kier molecular flexibility index (Phi) is 2.40. The fraction of sp³-hybridized carbons (Fsp3) is 0.409. The first-order valence-corrected chi connectivity index (χ1v) is 9.37. The Morgan fingerprint density at radius 2 is 1.81 bits per heavy atom. The van der Waals surface area contributed by atoms with Crippen LogP contribution in [0.2, 0.25) is 0 Å². The van der Waals surface area contributed by atoms with Gasteiger partial charge in [0.1, 0.15) is 28.1 Å². The summed E-state index contributed by atoms with van der Waals surface area (Å²) in [6.07, 6.45) is 3.80. The highest BCUT2D eigenvalue weighted by atomic mass is 16.5. The van der Waals surface area contributed by atoms with Crippen LogP contribution in [0.4, 0.5) is 5.69 Å². The number of ether oxygens (including phenoxy) is 2. The number of para-hydroxylation sites is 1. The number of nitrogens with one attached hydrogen (secondary N) is 1. The highest BCUT2D eigenvalue weighted by Gasteiger charge is 2.57. The lowest BCUT2D eigenvalue weighted by Crippen LogP contribution is -2.48. The van der Waals surface area contributed by atoms with Crippen molar-refractivity contribution in [1.29, 1.82) is 0 Å². The molecule has 3 heterocycles. The summed E-state index contributed by atoms with van der Waals surface area (Å²) < 4.78 is 12.5. The predicted octanol–water partition coefficient (Wildman–Crippen LogP) is 3.95. The van der Waals surface area contributed by atoms with Gasteiger partial charge >= 0.3 is 0 Å². The first kappa shape index (κ1) is 14.7. The number of benzene rings is 2. The molecule has 1 aliphatic carbocycles. The maximum Gasteiger partial charge on any atom is 0.239 e. The molecule has 1 atom stereocenters. The first-order chi connectivity index (χ1) is 12.4. The molecule has 0 saturated heterocycles. The molecular weight excluding hydrogens is 326 g/mol. The minimum atomic E-state index is -0.692. The van der Waals surface area contributed by atoms with Gasteiger partial charge in [0.05, 0.1) is 0 Å². The van der Waals surface area contributed by atoms with E-state index in [0.717, 1.165) is 47.6 Å². The largest absolute Gasteiger partial charge is 0.487 e. The van der Waals surface area contributed by atoms with Crippen LogP contribution in [0.3, 0.4) is 0 Å². The van der Waals surface area contributed by atoms with Crippen LogP contribution in [0.15, 0.2) is 36.4 Å². The van der Waals surface area contributed by atoms with Crippen LogP contribution in [-0.4, -0.2) is 17.1 Å². The lowest BCUT2D eigenvalue weighted by molar-refractivity contribution is -0.122. The van der Waals surface area contributed by atoms with Crippen LogP contribution in [0.1, 0.15) is 49.8 Å². The number of hydrogen-bond donors (Lipinski definition) is 1. The van der Waals surface area contributed by atoms with Crippen LogP contribution in [0, 0.1) is 0 Å². The van der Waals surface area contributed by atoms with E-state index in [4.69, 9.17) is 9.47 Å². The van der Waals surface area contributed by atoms with E-state index in [1.54, 1.807) is 0 Å². The number of carbonyl (C=O) groups excluding carboxylic acids is 1. The average molecular weight is 347 g/mol. The lowest BCUT2D eigenvalue weighted by atomic mass is 9.67. The third-order valence-electron chi connectivity index (χ3n) is 6.37. The fourth-order valence-electron chi connectivity index (χ4n) is 5.12. The normalized spacial score (nSPS) is 28.0. The van der Waals surface area contributed by atoms with E-state index in [2.05, 4.69) is 31.3 Å². The molecule has 3 aliphatic heterocycles. The van der Waals surface area contributed by atoms with E-state index in [0.29, 0.717) is 6.42 Å². The molecule has 1 unspecified atom stereocenters. The average Bonchev–Trinajstić information content (AvgIpc) is 3.14. The Morgan fingerprint density at radius 3 is 2.62 bits per heavy atom. The lowest BCUT2D eigenvalue weighted by Gasteiger charge is -2.43. The molecule has 132 valence electrons. The molecule has 4 heteroatoms. The van der Waals surface area contributed by atoms with Crippen LogP contribution in [0.5, 0.6) is 11.5 Å². The summed E-state index contributed by atoms with van der Waals surface area (Å²) in [6, 6.07) is 12.2. The zero-order valence-electron chi connectivity index (χ0n) is 15.0. The van der Waals surface area contributed by atoms with Crippen molar-refractivity contribution in [2.45, 2.75) is 56.1 Å². The maximum absolute atomic E-state index is 13.3. The van der Waals surface area contributed by atoms with Crippen LogP contribution < -0.4 is 14.8 Å². The van der Waals surface area contributed by atoms with Gasteiger partial charge in [-0.3, -0.25) is 4.79 Å². The summed E-state index contributed by atoms with van der Waals surface area (Å²) >= 11 is 0. The number of fused-ring (bicyclic) bond motifs is 5. The topological polar surface area (TPSA) is 47.6 Å². The Morgan fingerprint density at radius 1 is 1.00 bits per heavy atom. The molecular formula is C22H21NO3. The minimum Gasteiger partial charge on any atom is -0.487 e. The molecule has 1 saturated carbocycles. The smallest absolute Gasteiger partial charge is 0.239 e. The number of carbonyl (C=O) groups is 1. The van der Waals surface area contributed by atoms with Gasteiger partial charge in [-0.2, -0.15) is 0 Å². The van der Waals surface area contributed by atoms with E-state index in [9.17, 15) is 4.79 Å². The predicted molar refractivity (Wildman–Crippen MR) is 97.9 cm³/mol. The van der Waals surface area contributed by atoms with Crippen LogP contribution in [-0.2, 0) is 16.6 Å². The van der Waals surface area contributed by atoms with Gasteiger partial charge < -0.3 is 14.8 Å². The Balaban J connectivity index is 1.62. The molecule has 1 fully saturated rings. The molecule has 4 nitrogen and oxygen atoms in total. The molecule has 4 aliphatic rings. The quantitative estimate of drug-likeness (QED) is 0.785. The summed E-state index contributed by atoms with van der Waals surface area (Å²) in [5.74, 6) is 1.77. The van der Waals surface area contributed by atoms with Gasteiger partial charge in [-0.15, -0.1) is 0 Å². The maximum atomic E-state index is 13.3. The van der Waals surface area contributed by atoms with Crippen molar-refractivity contribution in [3.8, 4) is 11.5 Å². The van der Waals surface area contributed by atoms with Gasteiger partial charge in [-0.1, -0.05) is 18.2 Å². The third-order valence-corrected chi connectivity index (χ3v) is 6.37. The van der Waals surface area contributed by atoms with Crippen molar-refractivity contribution in [1.82, 2.24) is 0 Å². The van der Waals surface area contributed by atoms with Crippen LogP contribution in [0.25, 0.3) is 0 Å². The van der Waals surface area contributed by atoms with Crippen molar-refractivity contribution in [2.75, 3.05) is 5.32 Å². The Hall–Kier alpha value is -2.49. The summed E-state index contributed by atoms with van der Waals surface area (Å²) in [6.45, 7) is 4.12. The molecule has 2 aromatic rings. The van der Waals surface area contributed by atoms with Gasteiger partial charge in [0.25, 0.3) is 0 Å². The highest BCUT2D eigenvalue weighted by molar-refractivity contribution is 6.09. The fourth-order valence-corrected chi connectivity index (χ4v) is 5.12. The highest BCUT2D eigenvalue weighted by Crippen LogP contribution is 2.58. The van der Waals surface area contributed by atoms with Gasteiger partial charge in [-0.05, 0) is 49.9 Å². The van der Waals surface area contributed by atoms with Gasteiger partial charge in [0.2, 0.25) is 5.91 Å². The monoisotopic (exact) mass is 347 g/mol. The molecule has 2 aromatic carbocycles. The van der Waals surface area contributed by atoms with E-state index in [1.807, 2.05) is 24.3 Å². The molecule has 0 radical (unpaired) electrons. The summed E-state index contributed by atoms with van der Waals surface area (Å²) in [4.78, 5) is 13.3. The van der Waals surface area contributed by atoms with Crippen LogP contribution >= 0.6 is 0 Å². The summed E-state index contributed by atoms with van der Waals surface area (Å²) in [7, 11) is 0. The van der Waals surface area contributed by atoms with Gasteiger partial charge in [0.15, 0.2) is 0 Å². The molecule has 1 amide bonds. The van der Waals surface area contributed by atoms with E-state index in [1.165, 1.54) is 5.56 Å². The second-order valence-corrected chi connectivity index (χ2v) is 8.86. The standard InChI is InChI=1S/C22H21NO3/c1-20(2)12-22(14-5-3-4-6-16(14)23-19(22)24)15-9-13-11-21(7-8-21)26-17(13)10-18(15)25-20/h3-6,9-10H,7-8,11-12H2,1-2H3,(H,23,24). The van der Waals surface area contributed by atoms with Crippen molar-refractivity contribution in [3.05, 3.63) is 53.1 Å². The van der Waals surface area contributed by atoms with Crippen molar-refractivity contribution in [3.63, 3.8) is 0 Å². The van der Waals surface area contributed by atoms with E-state index >= 15 is 0 Å². The van der Waals surface area contributed by atoms with E-state index in [-0.39, 0.29) is 11.5 Å². The number of hydrogen-bond acceptors (Lipinski definition) is 3. The molecule has 1 N–H and O–H groups in total. The van der Waals surface area contributed by atoms with Crippen molar-refractivity contribution >= 4 is 11.6 Å². The number of amides is 1. The molecule has 6 rings (SSSR count). The second kappa shape index (κ2) is 4.25. The van der Waals surface area contributed by atoms with Gasteiger partial charge in [0, 0.05) is 30.2 Å². The first-order valence-electron chi connectivity index (χ1n) is 9.37.